The second kappa shape index (κ2) is 6.62. The third-order valence-electron chi connectivity index (χ3n) is 3.52. The first-order chi connectivity index (χ1) is 11.2. The van der Waals surface area contributed by atoms with Crippen LogP contribution in [0.3, 0.4) is 0 Å². The number of benzene rings is 1. The Kier molecular flexibility index (Phi) is 4.38. The van der Waals surface area contributed by atoms with E-state index >= 15 is 0 Å². The number of ether oxygens (including phenoxy) is 1. The number of nitrogens with zero attached hydrogens (tertiary/aromatic N) is 1. The van der Waals surface area contributed by atoms with Crippen molar-refractivity contribution in [1.82, 2.24) is 15.6 Å². The molecule has 1 aliphatic heterocycles. The molecule has 3 N–H and O–H groups in total. The Morgan fingerprint density at radius 3 is 2.78 bits per heavy atom. The van der Waals surface area contributed by atoms with E-state index in [0.717, 1.165) is 13.1 Å². The first-order valence-electron chi connectivity index (χ1n) is 7.28. The van der Waals surface area contributed by atoms with Gasteiger partial charge in [0.1, 0.15) is 23.0 Å². The summed E-state index contributed by atoms with van der Waals surface area (Å²) < 4.78 is 19.1. The van der Waals surface area contributed by atoms with Gasteiger partial charge in [-0.2, -0.15) is 0 Å². The van der Waals surface area contributed by atoms with Gasteiger partial charge in [-0.25, -0.2) is 4.39 Å². The van der Waals surface area contributed by atoms with Crippen molar-refractivity contribution < 1.29 is 13.9 Å². The van der Waals surface area contributed by atoms with Gasteiger partial charge in [0, 0.05) is 38.5 Å². The number of halogens is 1. The topological polar surface area (TPSA) is 75.3 Å². The molecule has 0 saturated carbocycles. The van der Waals surface area contributed by atoms with Gasteiger partial charge in [-0.05, 0) is 18.2 Å². The highest BCUT2D eigenvalue weighted by Crippen LogP contribution is 2.26. The van der Waals surface area contributed by atoms with Crippen LogP contribution in [0.4, 0.5) is 10.1 Å². The number of carbonyl (C=O) groups is 1. The molecule has 0 spiro atoms. The SMILES string of the molecule is CNc1cc(Oc2ccnc(C(=O)NC3CNC3)c2)ccc1F. The first-order valence-corrected chi connectivity index (χ1v) is 7.28. The standard InChI is InChI=1S/C16H17FN4O2/c1-18-14-6-11(2-3-13(14)17)23-12-4-5-20-15(7-12)16(22)21-10-8-19-9-10/h2-7,10,18-19H,8-9H2,1H3,(H,21,22). The van der Waals surface area contributed by atoms with Crippen LogP contribution in [0.5, 0.6) is 11.5 Å². The Morgan fingerprint density at radius 1 is 1.30 bits per heavy atom. The van der Waals surface area contributed by atoms with Crippen LogP contribution in [0.2, 0.25) is 0 Å². The minimum Gasteiger partial charge on any atom is -0.457 e. The number of nitrogens with one attached hydrogen (secondary N) is 3. The maximum Gasteiger partial charge on any atom is 0.270 e. The molecule has 120 valence electrons. The van der Waals surface area contributed by atoms with E-state index in [4.69, 9.17) is 4.74 Å². The van der Waals surface area contributed by atoms with Crippen molar-refractivity contribution in [1.29, 1.82) is 0 Å². The summed E-state index contributed by atoms with van der Waals surface area (Å²) in [6.07, 6.45) is 1.51. The molecule has 2 aromatic rings. The zero-order valence-electron chi connectivity index (χ0n) is 12.6. The normalized spacial score (nSPS) is 14.0. The average molecular weight is 316 g/mol. The van der Waals surface area contributed by atoms with Crippen molar-refractivity contribution in [2.24, 2.45) is 0 Å². The maximum atomic E-state index is 13.5. The van der Waals surface area contributed by atoms with Crippen LogP contribution in [0.25, 0.3) is 0 Å². The Labute approximate surface area is 133 Å². The number of aromatic nitrogens is 1. The fraction of sp³-hybridized carbons (Fsp3) is 0.250. The number of carbonyl (C=O) groups excluding carboxylic acids is 1. The largest absolute Gasteiger partial charge is 0.457 e. The number of anilines is 1. The molecule has 0 atom stereocenters. The predicted molar refractivity (Wildman–Crippen MR) is 84.4 cm³/mol. The summed E-state index contributed by atoms with van der Waals surface area (Å²) in [5.41, 5.74) is 0.623. The Bertz CT molecular complexity index is 719. The monoisotopic (exact) mass is 316 g/mol. The number of hydrogen-bond acceptors (Lipinski definition) is 5. The van der Waals surface area contributed by atoms with Gasteiger partial charge in [0.2, 0.25) is 0 Å². The van der Waals surface area contributed by atoms with Crippen LogP contribution in [-0.4, -0.2) is 37.1 Å². The lowest BCUT2D eigenvalue weighted by molar-refractivity contribution is 0.0918. The van der Waals surface area contributed by atoms with Crippen molar-refractivity contribution in [2.45, 2.75) is 6.04 Å². The van der Waals surface area contributed by atoms with Crippen LogP contribution >= 0.6 is 0 Å². The molecule has 1 aliphatic rings. The first kappa shape index (κ1) is 15.2. The summed E-state index contributed by atoms with van der Waals surface area (Å²) >= 11 is 0. The molecule has 6 nitrogen and oxygen atoms in total. The van der Waals surface area contributed by atoms with Crippen molar-refractivity contribution in [2.75, 3.05) is 25.5 Å². The molecule has 3 rings (SSSR count). The van der Waals surface area contributed by atoms with Gasteiger partial charge >= 0.3 is 0 Å². The second-order valence-corrected chi connectivity index (χ2v) is 5.20. The fourth-order valence-electron chi connectivity index (χ4n) is 2.14. The molecule has 0 aliphatic carbocycles. The highest BCUT2D eigenvalue weighted by molar-refractivity contribution is 5.92. The van der Waals surface area contributed by atoms with Gasteiger partial charge < -0.3 is 20.7 Å². The molecule has 0 bridgehead atoms. The molecular formula is C16H17FN4O2. The highest BCUT2D eigenvalue weighted by atomic mass is 19.1. The van der Waals surface area contributed by atoms with Crippen molar-refractivity contribution in [3.8, 4) is 11.5 Å². The molecule has 1 aromatic heterocycles. The molecule has 2 heterocycles. The zero-order chi connectivity index (χ0) is 16.2. The van der Waals surface area contributed by atoms with E-state index in [1.54, 1.807) is 25.2 Å². The van der Waals surface area contributed by atoms with Gasteiger partial charge in [0.05, 0.1) is 11.7 Å². The van der Waals surface area contributed by atoms with Gasteiger partial charge in [-0.15, -0.1) is 0 Å². The molecule has 0 unspecified atom stereocenters. The minimum atomic E-state index is -0.358. The van der Waals surface area contributed by atoms with E-state index in [1.165, 1.54) is 18.3 Å². The van der Waals surface area contributed by atoms with Crippen molar-refractivity contribution in [3.63, 3.8) is 0 Å². The lowest BCUT2D eigenvalue weighted by Gasteiger charge is -2.27. The average Bonchev–Trinajstić information content (AvgIpc) is 2.53. The fourth-order valence-corrected chi connectivity index (χ4v) is 2.14. The number of hydrogen-bond donors (Lipinski definition) is 3. The van der Waals surface area contributed by atoms with Gasteiger partial charge in [-0.3, -0.25) is 9.78 Å². The summed E-state index contributed by atoms with van der Waals surface area (Å²) in [4.78, 5) is 16.1. The molecule has 1 amide bonds. The number of pyridine rings is 1. The smallest absolute Gasteiger partial charge is 0.270 e. The van der Waals surface area contributed by atoms with E-state index < -0.39 is 0 Å². The lowest BCUT2D eigenvalue weighted by Crippen LogP contribution is -2.57. The summed E-state index contributed by atoms with van der Waals surface area (Å²) in [7, 11) is 1.63. The third kappa shape index (κ3) is 3.57. The van der Waals surface area contributed by atoms with Crippen LogP contribution in [0.1, 0.15) is 10.5 Å². The molecule has 1 saturated heterocycles. The van der Waals surface area contributed by atoms with Crippen LogP contribution in [-0.2, 0) is 0 Å². The zero-order valence-corrected chi connectivity index (χ0v) is 12.6. The number of amides is 1. The minimum absolute atomic E-state index is 0.143. The van der Waals surface area contributed by atoms with Crippen LogP contribution in [0.15, 0.2) is 36.5 Å². The van der Waals surface area contributed by atoms with Gasteiger partial charge in [0.25, 0.3) is 5.91 Å². The third-order valence-corrected chi connectivity index (χ3v) is 3.52. The van der Waals surface area contributed by atoms with E-state index in [9.17, 15) is 9.18 Å². The quantitative estimate of drug-likeness (QED) is 0.784. The molecular weight excluding hydrogens is 299 g/mol. The summed E-state index contributed by atoms with van der Waals surface area (Å²) in [5, 5.41) is 8.70. The molecule has 1 fully saturated rings. The maximum absolute atomic E-state index is 13.5. The van der Waals surface area contributed by atoms with Gasteiger partial charge in [0.15, 0.2) is 0 Å². The lowest BCUT2D eigenvalue weighted by atomic mass is 10.2. The summed E-state index contributed by atoms with van der Waals surface area (Å²) in [5.74, 6) is 0.336. The highest BCUT2D eigenvalue weighted by Gasteiger charge is 2.20. The molecule has 23 heavy (non-hydrogen) atoms. The van der Waals surface area contributed by atoms with Crippen molar-refractivity contribution in [3.05, 3.63) is 48.0 Å². The Morgan fingerprint density at radius 2 is 2.09 bits per heavy atom. The molecule has 7 heteroatoms. The van der Waals surface area contributed by atoms with E-state index in [-0.39, 0.29) is 23.5 Å². The molecule has 0 radical (unpaired) electrons. The van der Waals surface area contributed by atoms with Crippen LogP contribution in [0, 0.1) is 5.82 Å². The van der Waals surface area contributed by atoms with E-state index in [1.807, 2.05) is 0 Å². The molecule has 1 aromatic carbocycles. The van der Waals surface area contributed by atoms with Crippen molar-refractivity contribution >= 4 is 11.6 Å². The summed E-state index contributed by atoms with van der Waals surface area (Å²) in [6.45, 7) is 1.54. The Balaban J connectivity index is 1.73. The van der Waals surface area contributed by atoms with Crippen LogP contribution < -0.4 is 20.7 Å². The number of rotatable bonds is 5. The van der Waals surface area contributed by atoms with E-state index in [2.05, 4.69) is 20.9 Å². The predicted octanol–water partition coefficient (Wildman–Crippen LogP) is 1.76. The second-order valence-electron chi connectivity index (χ2n) is 5.20. The van der Waals surface area contributed by atoms with Gasteiger partial charge in [-0.1, -0.05) is 0 Å². The summed E-state index contributed by atoms with van der Waals surface area (Å²) in [6, 6.07) is 7.74. The Hall–Kier alpha value is -2.67. The van der Waals surface area contributed by atoms with E-state index in [0.29, 0.717) is 17.2 Å².